The first-order chi connectivity index (χ1) is 12.7. The predicted molar refractivity (Wildman–Crippen MR) is 105 cm³/mol. The molecule has 26 heavy (non-hydrogen) atoms. The minimum atomic E-state index is 0.171. The topological polar surface area (TPSA) is 38.8 Å². The van der Waals surface area contributed by atoms with Crippen LogP contribution in [0.2, 0.25) is 0 Å². The van der Waals surface area contributed by atoms with Gasteiger partial charge in [0, 0.05) is 37.4 Å². The fraction of sp³-hybridized carbons (Fsp3) is 0.476. The summed E-state index contributed by atoms with van der Waals surface area (Å²) in [6.07, 6.45) is 3.74. The van der Waals surface area contributed by atoms with E-state index in [9.17, 15) is 4.79 Å². The van der Waals surface area contributed by atoms with Gasteiger partial charge in [-0.2, -0.15) is 0 Å². The predicted octanol–water partition coefficient (Wildman–Crippen LogP) is 4.29. The first-order valence-electron chi connectivity index (χ1n) is 9.38. The van der Waals surface area contributed by atoms with Gasteiger partial charge < -0.3 is 14.4 Å². The molecule has 1 amide bonds. The Morgan fingerprint density at radius 1 is 1.35 bits per heavy atom. The average Bonchev–Trinajstić information content (AvgIpc) is 3.35. The average molecular weight is 374 g/mol. The standard InChI is InChI=1S/C21H27NO3S/c1-2-21(23)22(16-19-8-4-11-24-19)15-17-6-3-7-18(14-17)25-12-10-20-9-5-13-26-20/h3,5-7,9,13-14,19H,2,4,8,10-12,15-16H2,1H3/t19-/m0/s1. The Morgan fingerprint density at radius 2 is 2.27 bits per heavy atom. The molecule has 0 radical (unpaired) electrons. The van der Waals surface area contributed by atoms with Crippen LogP contribution in [0.4, 0.5) is 0 Å². The summed E-state index contributed by atoms with van der Waals surface area (Å²) in [5, 5.41) is 2.09. The second-order valence-corrected chi connectivity index (χ2v) is 7.62. The molecular formula is C21H27NO3S. The highest BCUT2D eigenvalue weighted by atomic mass is 32.1. The lowest BCUT2D eigenvalue weighted by Crippen LogP contribution is -2.36. The first-order valence-corrected chi connectivity index (χ1v) is 10.3. The van der Waals surface area contributed by atoms with Crippen molar-refractivity contribution in [2.75, 3.05) is 19.8 Å². The molecule has 1 atom stereocenters. The maximum atomic E-state index is 12.3. The van der Waals surface area contributed by atoms with Crippen molar-refractivity contribution in [3.8, 4) is 5.75 Å². The Bertz CT molecular complexity index is 680. The van der Waals surface area contributed by atoms with Crippen LogP contribution < -0.4 is 4.74 Å². The normalized spacial score (nSPS) is 16.6. The zero-order valence-corrected chi connectivity index (χ0v) is 16.2. The highest BCUT2D eigenvalue weighted by Gasteiger charge is 2.22. The Labute approximate surface area is 159 Å². The number of amides is 1. The summed E-state index contributed by atoms with van der Waals surface area (Å²) in [5.41, 5.74) is 1.10. The van der Waals surface area contributed by atoms with E-state index < -0.39 is 0 Å². The fourth-order valence-electron chi connectivity index (χ4n) is 3.19. The molecule has 3 rings (SSSR count). The van der Waals surface area contributed by atoms with Crippen molar-refractivity contribution in [1.29, 1.82) is 0 Å². The summed E-state index contributed by atoms with van der Waals surface area (Å²) in [5.74, 6) is 1.03. The van der Waals surface area contributed by atoms with Gasteiger partial charge in [0.15, 0.2) is 0 Å². The summed E-state index contributed by atoms with van der Waals surface area (Å²) in [6, 6.07) is 12.3. The lowest BCUT2D eigenvalue weighted by atomic mass is 10.1. The number of carbonyl (C=O) groups is 1. The maximum absolute atomic E-state index is 12.3. The lowest BCUT2D eigenvalue weighted by Gasteiger charge is -2.25. The molecule has 5 heteroatoms. The molecule has 0 aliphatic carbocycles. The van der Waals surface area contributed by atoms with Gasteiger partial charge >= 0.3 is 0 Å². The molecule has 1 aromatic heterocycles. The van der Waals surface area contributed by atoms with Crippen molar-refractivity contribution in [1.82, 2.24) is 4.90 Å². The quantitative estimate of drug-likeness (QED) is 0.658. The van der Waals surface area contributed by atoms with Crippen LogP contribution in [0.3, 0.4) is 0 Å². The highest BCUT2D eigenvalue weighted by molar-refractivity contribution is 7.09. The Balaban J connectivity index is 1.56. The summed E-state index contributed by atoms with van der Waals surface area (Å²) < 4.78 is 11.6. The SMILES string of the molecule is CCC(=O)N(Cc1cccc(OCCc2cccs2)c1)C[C@@H]1CCCO1. The molecule has 1 aliphatic heterocycles. The van der Waals surface area contributed by atoms with Gasteiger partial charge in [0.2, 0.25) is 5.91 Å². The minimum Gasteiger partial charge on any atom is -0.493 e. The number of carbonyl (C=O) groups excluding carboxylic acids is 1. The monoisotopic (exact) mass is 373 g/mol. The molecule has 1 aromatic carbocycles. The first kappa shape index (κ1) is 18.9. The molecular weight excluding hydrogens is 346 g/mol. The van der Waals surface area contributed by atoms with Gasteiger partial charge in [0.1, 0.15) is 5.75 Å². The van der Waals surface area contributed by atoms with Gasteiger partial charge in [-0.15, -0.1) is 11.3 Å². The molecule has 2 aromatic rings. The number of nitrogens with zero attached hydrogens (tertiary/aromatic N) is 1. The fourth-order valence-corrected chi connectivity index (χ4v) is 3.88. The molecule has 1 saturated heterocycles. The number of rotatable bonds is 9. The smallest absolute Gasteiger partial charge is 0.222 e. The van der Waals surface area contributed by atoms with Crippen LogP contribution in [-0.4, -0.2) is 36.7 Å². The van der Waals surface area contributed by atoms with Crippen LogP contribution >= 0.6 is 11.3 Å². The minimum absolute atomic E-state index is 0.171. The van der Waals surface area contributed by atoms with E-state index in [0.717, 1.165) is 37.2 Å². The molecule has 4 nitrogen and oxygen atoms in total. The van der Waals surface area contributed by atoms with Crippen LogP contribution in [0.15, 0.2) is 41.8 Å². The van der Waals surface area contributed by atoms with E-state index in [1.807, 2.05) is 30.0 Å². The number of thiophene rings is 1. The van der Waals surface area contributed by atoms with Gasteiger partial charge in [0.05, 0.1) is 12.7 Å². The van der Waals surface area contributed by atoms with Crippen molar-refractivity contribution >= 4 is 17.2 Å². The second-order valence-electron chi connectivity index (χ2n) is 6.59. The molecule has 0 spiro atoms. The van der Waals surface area contributed by atoms with Gasteiger partial charge in [-0.05, 0) is 42.0 Å². The van der Waals surface area contributed by atoms with E-state index in [1.54, 1.807) is 11.3 Å². The maximum Gasteiger partial charge on any atom is 0.222 e. The van der Waals surface area contributed by atoms with E-state index in [2.05, 4.69) is 23.6 Å². The summed E-state index contributed by atoms with van der Waals surface area (Å²) in [7, 11) is 0. The highest BCUT2D eigenvalue weighted by Crippen LogP contribution is 2.19. The molecule has 140 valence electrons. The molecule has 0 saturated carbocycles. The molecule has 1 aliphatic rings. The lowest BCUT2D eigenvalue weighted by molar-refractivity contribution is -0.133. The van der Waals surface area contributed by atoms with Gasteiger partial charge in [-0.25, -0.2) is 0 Å². The van der Waals surface area contributed by atoms with Crippen molar-refractivity contribution in [3.05, 3.63) is 52.2 Å². The van der Waals surface area contributed by atoms with Crippen LogP contribution in [0.25, 0.3) is 0 Å². The van der Waals surface area contributed by atoms with Crippen molar-refractivity contribution in [2.24, 2.45) is 0 Å². The molecule has 0 N–H and O–H groups in total. The van der Waals surface area contributed by atoms with Crippen LogP contribution in [0, 0.1) is 0 Å². The van der Waals surface area contributed by atoms with E-state index in [0.29, 0.717) is 26.1 Å². The summed E-state index contributed by atoms with van der Waals surface area (Å²) in [4.78, 5) is 15.6. The molecule has 1 fully saturated rings. The van der Waals surface area contributed by atoms with Gasteiger partial charge in [-0.1, -0.05) is 25.1 Å². The summed E-state index contributed by atoms with van der Waals surface area (Å²) >= 11 is 1.75. The van der Waals surface area contributed by atoms with Crippen molar-refractivity contribution in [3.63, 3.8) is 0 Å². The summed E-state index contributed by atoms with van der Waals surface area (Å²) in [6.45, 7) is 4.67. The number of benzene rings is 1. The van der Waals surface area contributed by atoms with Crippen LogP contribution in [0.1, 0.15) is 36.6 Å². The number of hydrogen-bond donors (Lipinski definition) is 0. The number of hydrogen-bond acceptors (Lipinski definition) is 4. The number of ether oxygens (including phenoxy) is 2. The van der Waals surface area contributed by atoms with E-state index in [1.165, 1.54) is 4.88 Å². The second kappa shape index (κ2) is 9.74. The Kier molecular flexibility index (Phi) is 7.09. The van der Waals surface area contributed by atoms with E-state index in [4.69, 9.17) is 9.47 Å². The zero-order valence-electron chi connectivity index (χ0n) is 15.4. The van der Waals surface area contributed by atoms with Crippen molar-refractivity contribution < 1.29 is 14.3 Å². The third-order valence-electron chi connectivity index (χ3n) is 4.57. The van der Waals surface area contributed by atoms with Gasteiger partial charge in [0.25, 0.3) is 0 Å². The van der Waals surface area contributed by atoms with Crippen LogP contribution in [-0.2, 0) is 22.5 Å². The third kappa shape index (κ3) is 5.58. The Morgan fingerprint density at radius 3 is 3.00 bits per heavy atom. The zero-order chi connectivity index (χ0) is 18.2. The van der Waals surface area contributed by atoms with Gasteiger partial charge in [-0.3, -0.25) is 4.79 Å². The van der Waals surface area contributed by atoms with E-state index >= 15 is 0 Å². The van der Waals surface area contributed by atoms with Crippen molar-refractivity contribution in [2.45, 2.75) is 45.3 Å². The molecule has 2 heterocycles. The largest absolute Gasteiger partial charge is 0.493 e. The third-order valence-corrected chi connectivity index (χ3v) is 5.51. The Hall–Kier alpha value is -1.85. The van der Waals surface area contributed by atoms with Crippen LogP contribution in [0.5, 0.6) is 5.75 Å². The van der Waals surface area contributed by atoms with E-state index in [-0.39, 0.29) is 12.0 Å². The molecule has 0 unspecified atom stereocenters. The molecule has 0 bridgehead atoms.